The van der Waals surface area contributed by atoms with Crippen LogP contribution in [0.1, 0.15) is 23.9 Å². The number of carbonyl (C=O) groups is 3. The van der Waals surface area contributed by atoms with Gasteiger partial charge in [0.1, 0.15) is 10.0 Å². The second-order valence-electron chi connectivity index (χ2n) is 3.42. The molecule has 1 N–H and O–H groups in total. The summed E-state index contributed by atoms with van der Waals surface area (Å²) >= 11 is 11.3. The maximum Gasteiger partial charge on any atom is 0.317 e. The molecule has 6 nitrogen and oxygen atoms in total. The minimum atomic E-state index is -1.14. The van der Waals surface area contributed by atoms with Crippen molar-refractivity contribution in [3.05, 3.63) is 15.8 Å². The highest BCUT2D eigenvalue weighted by Gasteiger charge is 2.24. The monoisotopic (exact) mass is 294 g/mol. The Hall–Kier alpha value is -1.53. The molecule has 0 spiro atoms. The number of carbonyl (C=O) groups excluding carboxylic acids is 2. The highest BCUT2D eigenvalue weighted by Crippen LogP contribution is 2.37. The molecule has 0 amide bonds. The minimum absolute atomic E-state index is 0.166. The predicted octanol–water partition coefficient (Wildman–Crippen LogP) is 2.42. The molecule has 0 aliphatic rings. The van der Waals surface area contributed by atoms with Gasteiger partial charge in [-0.3, -0.25) is 14.4 Å². The van der Waals surface area contributed by atoms with E-state index in [0.29, 0.717) is 6.29 Å². The molecule has 0 bridgehead atoms. The van der Waals surface area contributed by atoms with Crippen molar-refractivity contribution in [1.29, 1.82) is 0 Å². The molecule has 0 fully saturated rings. The Morgan fingerprint density at radius 1 is 1.44 bits per heavy atom. The van der Waals surface area contributed by atoms with E-state index in [1.165, 1.54) is 6.92 Å². The molecule has 98 valence electrons. The highest BCUT2D eigenvalue weighted by atomic mass is 35.5. The van der Waals surface area contributed by atoms with Gasteiger partial charge in [0.05, 0.1) is 12.3 Å². The summed E-state index contributed by atoms with van der Waals surface area (Å²) in [5, 5.41) is 8.14. The first-order valence-electron chi connectivity index (χ1n) is 4.73. The summed E-state index contributed by atoms with van der Waals surface area (Å²) in [7, 11) is 0. The van der Waals surface area contributed by atoms with E-state index in [1.54, 1.807) is 0 Å². The minimum Gasteiger partial charge on any atom is -0.481 e. The number of hydrogen-bond donors (Lipinski definition) is 1. The lowest BCUT2D eigenvalue weighted by atomic mass is 10.1. The number of carboxylic acids is 1. The molecule has 1 aromatic rings. The Labute approximate surface area is 111 Å². The van der Waals surface area contributed by atoms with E-state index in [1.807, 2.05) is 0 Å². The molecule has 0 aliphatic carbocycles. The molecule has 18 heavy (non-hydrogen) atoms. The maximum absolute atomic E-state index is 11.5. The van der Waals surface area contributed by atoms with Crippen molar-refractivity contribution in [2.45, 2.75) is 13.3 Å². The van der Waals surface area contributed by atoms with Crippen LogP contribution in [0.2, 0.25) is 10.0 Å². The number of furan rings is 1. The fraction of sp³-hybridized carbons (Fsp3) is 0.300. The van der Waals surface area contributed by atoms with Gasteiger partial charge in [-0.1, -0.05) is 30.1 Å². The van der Waals surface area contributed by atoms with Crippen LogP contribution >= 0.6 is 23.2 Å². The lowest BCUT2D eigenvalue weighted by Crippen LogP contribution is -2.20. The van der Waals surface area contributed by atoms with Crippen LogP contribution in [-0.4, -0.2) is 23.3 Å². The number of esters is 1. The highest BCUT2D eigenvalue weighted by molar-refractivity contribution is 6.44. The Balaban J connectivity index is 2.82. The molecule has 0 aliphatic heterocycles. The topological polar surface area (TPSA) is 93.8 Å². The number of aldehydes is 1. The normalized spacial score (nSPS) is 11.9. The Bertz CT molecular complexity index is 493. The van der Waals surface area contributed by atoms with Crippen molar-refractivity contribution in [2.75, 3.05) is 0 Å². The van der Waals surface area contributed by atoms with E-state index >= 15 is 0 Å². The summed E-state index contributed by atoms with van der Waals surface area (Å²) in [6.45, 7) is 1.37. The molecule has 1 unspecified atom stereocenters. The van der Waals surface area contributed by atoms with E-state index in [-0.39, 0.29) is 15.8 Å². The van der Waals surface area contributed by atoms with Crippen molar-refractivity contribution in [1.82, 2.24) is 0 Å². The molecule has 1 rings (SSSR count). The van der Waals surface area contributed by atoms with Gasteiger partial charge in [-0.15, -0.1) is 0 Å². The van der Waals surface area contributed by atoms with Crippen LogP contribution in [0.3, 0.4) is 0 Å². The lowest BCUT2D eigenvalue weighted by Gasteiger charge is -2.06. The molecule has 1 atom stereocenters. The molecular weight excluding hydrogens is 287 g/mol. The van der Waals surface area contributed by atoms with Gasteiger partial charge in [-0.05, 0) is 0 Å². The van der Waals surface area contributed by atoms with Crippen LogP contribution < -0.4 is 4.74 Å². The summed E-state index contributed by atoms with van der Waals surface area (Å²) in [5.41, 5.74) is 0. The Morgan fingerprint density at radius 3 is 2.50 bits per heavy atom. The summed E-state index contributed by atoms with van der Waals surface area (Å²) in [6.07, 6.45) is -0.0857. The van der Waals surface area contributed by atoms with Crippen LogP contribution in [0, 0.1) is 5.92 Å². The number of ether oxygens (including phenoxy) is 1. The number of rotatable bonds is 5. The first-order valence-corrected chi connectivity index (χ1v) is 5.48. The second-order valence-corrected chi connectivity index (χ2v) is 4.18. The van der Waals surface area contributed by atoms with Gasteiger partial charge < -0.3 is 14.3 Å². The van der Waals surface area contributed by atoms with Crippen LogP contribution in [0.5, 0.6) is 5.95 Å². The summed E-state index contributed by atoms with van der Waals surface area (Å²) < 4.78 is 9.52. The number of halogens is 2. The number of aliphatic carboxylic acids is 1. The maximum atomic E-state index is 11.5. The fourth-order valence-electron chi connectivity index (χ4n) is 1.07. The van der Waals surface area contributed by atoms with Crippen LogP contribution in [0.4, 0.5) is 0 Å². The number of hydrogen-bond acceptors (Lipinski definition) is 5. The SMILES string of the molecule is CC(CC(=O)O)C(=O)Oc1oc(C=O)c(Cl)c1Cl. The van der Waals surface area contributed by atoms with Gasteiger partial charge >= 0.3 is 17.9 Å². The van der Waals surface area contributed by atoms with E-state index in [4.69, 9.17) is 37.5 Å². The summed E-state index contributed by atoms with van der Waals surface area (Å²) in [5.74, 6) is -3.57. The molecule has 8 heteroatoms. The zero-order valence-electron chi connectivity index (χ0n) is 9.11. The van der Waals surface area contributed by atoms with Crippen LogP contribution in [-0.2, 0) is 9.59 Å². The summed E-state index contributed by atoms with van der Waals surface area (Å²) in [4.78, 5) is 32.4. The van der Waals surface area contributed by atoms with E-state index in [9.17, 15) is 14.4 Å². The first kappa shape index (κ1) is 14.5. The van der Waals surface area contributed by atoms with Crippen molar-refractivity contribution >= 4 is 41.4 Å². The lowest BCUT2D eigenvalue weighted by molar-refractivity contribution is -0.146. The molecular formula is C10H8Cl2O6. The van der Waals surface area contributed by atoms with Crippen molar-refractivity contribution in [3.63, 3.8) is 0 Å². The molecule has 1 heterocycles. The van der Waals surface area contributed by atoms with E-state index < -0.39 is 30.2 Å². The fourth-order valence-corrected chi connectivity index (χ4v) is 1.40. The van der Waals surface area contributed by atoms with Crippen molar-refractivity contribution in [2.24, 2.45) is 5.92 Å². The third kappa shape index (κ3) is 3.24. The first-order chi connectivity index (χ1) is 8.36. The van der Waals surface area contributed by atoms with Crippen LogP contribution in [0.15, 0.2) is 4.42 Å². The van der Waals surface area contributed by atoms with E-state index in [0.717, 1.165) is 0 Å². The third-order valence-electron chi connectivity index (χ3n) is 1.97. The zero-order chi connectivity index (χ0) is 13.9. The molecule has 0 aromatic carbocycles. The van der Waals surface area contributed by atoms with Crippen LogP contribution in [0.25, 0.3) is 0 Å². The molecule has 0 radical (unpaired) electrons. The van der Waals surface area contributed by atoms with Gasteiger partial charge in [0.25, 0.3) is 0 Å². The quantitative estimate of drug-likeness (QED) is 0.662. The van der Waals surface area contributed by atoms with Gasteiger partial charge in [0, 0.05) is 0 Å². The second kappa shape index (κ2) is 5.88. The molecule has 1 aromatic heterocycles. The summed E-state index contributed by atoms with van der Waals surface area (Å²) in [6, 6.07) is 0. The Morgan fingerprint density at radius 2 is 2.06 bits per heavy atom. The van der Waals surface area contributed by atoms with Gasteiger partial charge in [0.15, 0.2) is 12.0 Å². The van der Waals surface area contributed by atoms with E-state index in [2.05, 4.69) is 0 Å². The third-order valence-corrected chi connectivity index (χ3v) is 2.79. The predicted molar refractivity (Wildman–Crippen MR) is 61.2 cm³/mol. The van der Waals surface area contributed by atoms with Gasteiger partial charge in [-0.25, -0.2) is 0 Å². The molecule has 0 saturated heterocycles. The Kier molecular flexibility index (Phi) is 4.75. The standard InChI is InChI=1S/C10H8Cl2O6/c1-4(2-6(14)15)9(16)18-10-8(12)7(11)5(3-13)17-10/h3-4H,2H2,1H3,(H,14,15). The van der Waals surface area contributed by atoms with Crippen molar-refractivity contribution < 1.29 is 28.6 Å². The van der Waals surface area contributed by atoms with Crippen molar-refractivity contribution in [3.8, 4) is 5.95 Å². The molecule has 0 saturated carbocycles. The zero-order valence-corrected chi connectivity index (χ0v) is 10.6. The average Bonchev–Trinajstić information content (AvgIpc) is 2.56. The average molecular weight is 295 g/mol. The van der Waals surface area contributed by atoms with Gasteiger partial charge in [-0.2, -0.15) is 0 Å². The van der Waals surface area contributed by atoms with Gasteiger partial charge in [0.2, 0.25) is 0 Å². The smallest absolute Gasteiger partial charge is 0.317 e. The number of carboxylic acid groups (broad SMARTS) is 1. The largest absolute Gasteiger partial charge is 0.481 e.